The molecule has 0 saturated carbocycles. The topological polar surface area (TPSA) is 0 Å². The highest BCUT2D eigenvalue weighted by Gasteiger charge is 2.09. The molecule has 4 rings (SSSR count). The van der Waals surface area contributed by atoms with Gasteiger partial charge in [-0.15, -0.1) is 0 Å². The zero-order valence-electron chi connectivity index (χ0n) is 10.2. The summed E-state index contributed by atoms with van der Waals surface area (Å²) in [6, 6.07) is 21.6. The quantitative estimate of drug-likeness (QED) is 0.292. The van der Waals surface area contributed by atoms with Crippen LogP contribution in [-0.4, -0.2) is 0 Å². The number of rotatable bonds is 0. The van der Waals surface area contributed by atoms with E-state index in [0.29, 0.717) is 5.39 Å². The Balaban J connectivity index is 2.33. The summed E-state index contributed by atoms with van der Waals surface area (Å²) in [7, 11) is 0. The van der Waals surface area contributed by atoms with Crippen molar-refractivity contribution in [3.8, 4) is 0 Å². The zero-order valence-corrected chi connectivity index (χ0v) is 10.2. The van der Waals surface area contributed by atoms with Gasteiger partial charge in [-0.2, -0.15) is 0 Å². The van der Waals surface area contributed by atoms with Crippen LogP contribution < -0.4 is 0 Å². The Morgan fingerprint density at radius 2 is 1.21 bits per heavy atom. The van der Waals surface area contributed by atoms with Crippen molar-refractivity contribution in [2.45, 2.75) is 0 Å². The van der Waals surface area contributed by atoms with E-state index in [1.54, 1.807) is 0 Å². The van der Waals surface area contributed by atoms with Crippen LogP contribution in [0.3, 0.4) is 0 Å². The molecule has 0 aliphatic rings. The molecule has 0 radical (unpaired) electrons. The van der Waals surface area contributed by atoms with Crippen molar-refractivity contribution in [3.05, 3.63) is 72.5 Å². The Hall–Kier alpha value is -2.41. The van der Waals surface area contributed by atoms with Crippen LogP contribution in [0.15, 0.2) is 66.7 Å². The SMILES string of the molecule is Fc1c2ccccc2cc2ccc3ccccc3c12. The van der Waals surface area contributed by atoms with E-state index in [9.17, 15) is 4.39 Å². The lowest BCUT2D eigenvalue weighted by Crippen LogP contribution is -1.85. The van der Waals surface area contributed by atoms with Gasteiger partial charge in [0.2, 0.25) is 0 Å². The van der Waals surface area contributed by atoms with Gasteiger partial charge in [0.15, 0.2) is 0 Å². The molecule has 0 spiro atoms. The maximum atomic E-state index is 14.8. The van der Waals surface area contributed by atoms with Gasteiger partial charge in [-0.05, 0) is 27.6 Å². The highest BCUT2D eigenvalue weighted by atomic mass is 19.1. The number of hydrogen-bond acceptors (Lipinski definition) is 0. The summed E-state index contributed by atoms with van der Waals surface area (Å²) < 4.78 is 14.8. The highest BCUT2D eigenvalue weighted by Crippen LogP contribution is 2.32. The minimum atomic E-state index is -0.120. The smallest absolute Gasteiger partial charge is 0.139 e. The number of fused-ring (bicyclic) bond motifs is 4. The molecule has 0 bridgehead atoms. The van der Waals surface area contributed by atoms with Gasteiger partial charge in [0.25, 0.3) is 0 Å². The summed E-state index contributed by atoms with van der Waals surface area (Å²) in [6.07, 6.45) is 0. The van der Waals surface area contributed by atoms with Crippen LogP contribution >= 0.6 is 0 Å². The fourth-order valence-electron chi connectivity index (χ4n) is 2.78. The van der Waals surface area contributed by atoms with Crippen LogP contribution in [0.5, 0.6) is 0 Å². The fraction of sp³-hybridized carbons (Fsp3) is 0. The average molecular weight is 246 g/mol. The maximum Gasteiger partial charge on any atom is 0.139 e. The third-order valence-corrected chi connectivity index (χ3v) is 3.69. The van der Waals surface area contributed by atoms with Gasteiger partial charge in [0.1, 0.15) is 5.82 Å². The van der Waals surface area contributed by atoms with E-state index in [0.717, 1.165) is 26.9 Å². The molecule has 90 valence electrons. The first-order chi connectivity index (χ1) is 9.34. The summed E-state index contributed by atoms with van der Waals surface area (Å²) in [5.74, 6) is -0.120. The molecule has 0 atom stereocenters. The van der Waals surface area contributed by atoms with Crippen LogP contribution in [0.4, 0.5) is 4.39 Å². The minimum absolute atomic E-state index is 0.120. The number of halogens is 1. The first kappa shape index (κ1) is 10.5. The van der Waals surface area contributed by atoms with Gasteiger partial charge in [0, 0.05) is 10.8 Å². The standard InChI is InChI=1S/C18H11F/c19-18-16-8-4-2-6-13(16)11-14-10-9-12-5-1-3-7-15(12)17(14)18/h1-11H. The first-order valence-electron chi connectivity index (χ1n) is 6.33. The van der Waals surface area contributed by atoms with Crippen LogP contribution in [0.25, 0.3) is 32.3 Å². The molecule has 0 N–H and O–H groups in total. The van der Waals surface area contributed by atoms with Gasteiger partial charge < -0.3 is 0 Å². The molecule has 0 aromatic heterocycles. The van der Waals surface area contributed by atoms with Gasteiger partial charge >= 0.3 is 0 Å². The Bertz CT molecular complexity index is 922. The largest absolute Gasteiger partial charge is 0.206 e. The van der Waals surface area contributed by atoms with Crippen LogP contribution in [0.2, 0.25) is 0 Å². The molecule has 4 aromatic rings. The second-order valence-corrected chi connectivity index (χ2v) is 4.80. The monoisotopic (exact) mass is 246 g/mol. The lowest BCUT2D eigenvalue weighted by Gasteiger charge is -2.08. The van der Waals surface area contributed by atoms with Gasteiger partial charge in [-0.3, -0.25) is 0 Å². The molecule has 0 saturated heterocycles. The van der Waals surface area contributed by atoms with E-state index >= 15 is 0 Å². The average Bonchev–Trinajstić information content (AvgIpc) is 2.47. The van der Waals surface area contributed by atoms with E-state index in [2.05, 4.69) is 6.07 Å². The van der Waals surface area contributed by atoms with Gasteiger partial charge in [-0.1, -0.05) is 60.7 Å². The summed E-state index contributed by atoms with van der Waals surface area (Å²) >= 11 is 0. The molecular weight excluding hydrogens is 235 g/mol. The molecule has 0 amide bonds. The van der Waals surface area contributed by atoms with Crippen molar-refractivity contribution in [1.29, 1.82) is 0 Å². The summed E-state index contributed by atoms with van der Waals surface area (Å²) in [5, 5.41) is 5.35. The van der Waals surface area contributed by atoms with E-state index in [1.165, 1.54) is 0 Å². The van der Waals surface area contributed by atoms with E-state index in [-0.39, 0.29) is 5.82 Å². The Labute approximate surface area is 110 Å². The molecular formula is C18H11F. The van der Waals surface area contributed by atoms with Crippen molar-refractivity contribution in [2.24, 2.45) is 0 Å². The Morgan fingerprint density at radius 3 is 2.05 bits per heavy atom. The van der Waals surface area contributed by atoms with E-state index in [1.807, 2.05) is 60.7 Å². The first-order valence-corrected chi connectivity index (χ1v) is 6.33. The predicted octanol–water partition coefficient (Wildman–Crippen LogP) is 5.29. The summed E-state index contributed by atoms with van der Waals surface area (Å²) in [6.45, 7) is 0. The van der Waals surface area contributed by atoms with Crippen molar-refractivity contribution in [1.82, 2.24) is 0 Å². The summed E-state index contributed by atoms with van der Waals surface area (Å²) in [4.78, 5) is 0. The lowest BCUT2D eigenvalue weighted by molar-refractivity contribution is 0.652. The van der Waals surface area contributed by atoms with Crippen molar-refractivity contribution < 1.29 is 4.39 Å². The summed E-state index contributed by atoms with van der Waals surface area (Å²) in [5.41, 5.74) is 0. The van der Waals surface area contributed by atoms with Crippen LogP contribution in [0, 0.1) is 5.82 Å². The molecule has 19 heavy (non-hydrogen) atoms. The Kier molecular flexibility index (Phi) is 2.10. The molecule has 4 aromatic carbocycles. The molecule has 1 heteroatoms. The van der Waals surface area contributed by atoms with E-state index < -0.39 is 0 Å². The molecule has 0 nitrogen and oxygen atoms in total. The van der Waals surface area contributed by atoms with Crippen molar-refractivity contribution in [2.75, 3.05) is 0 Å². The van der Waals surface area contributed by atoms with E-state index in [4.69, 9.17) is 0 Å². The minimum Gasteiger partial charge on any atom is -0.206 e. The van der Waals surface area contributed by atoms with Gasteiger partial charge in [-0.25, -0.2) is 4.39 Å². The zero-order chi connectivity index (χ0) is 12.8. The second kappa shape index (κ2) is 3.79. The molecule has 0 unspecified atom stereocenters. The lowest BCUT2D eigenvalue weighted by atomic mass is 9.98. The molecule has 0 heterocycles. The van der Waals surface area contributed by atoms with Crippen molar-refractivity contribution in [3.63, 3.8) is 0 Å². The highest BCUT2D eigenvalue weighted by molar-refractivity contribution is 6.12. The second-order valence-electron chi connectivity index (χ2n) is 4.80. The third-order valence-electron chi connectivity index (χ3n) is 3.69. The number of benzene rings is 4. The molecule has 0 aliphatic carbocycles. The van der Waals surface area contributed by atoms with Crippen molar-refractivity contribution >= 4 is 32.3 Å². The third kappa shape index (κ3) is 1.45. The number of hydrogen-bond donors (Lipinski definition) is 0. The molecule has 0 fully saturated rings. The van der Waals surface area contributed by atoms with Gasteiger partial charge in [0.05, 0.1) is 0 Å². The Morgan fingerprint density at radius 1 is 0.579 bits per heavy atom. The fourth-order valence-corrected chi connectivity index (χ4v) is 2.78. The van der Waals surface area contributed by atoms with Crippen LogP contribution in [0.1, 0.15) is 0 Å². The normalized spacial score (nSPS) is 11.4. The van der Waals surface area contributed by atoms with Crippen LogP contribution in [-0.2, 0) is 0 Å². The predicted molar refractivity (Wildman–Crippen MR) is 78.9 cm³/mol. The molecule has 0 aliphatic heterocycles. The maximum absolute atomic E-state index is 14.8.